The summed E-state index contributed by atoms with van der Waals surface area (Å²) >= 11 is 0. The van der Waals surface area contributed by atoms with Crippen LogP contribution in [0.15, 0.2) is 24.3 Å². The van der Waals surface area contributed by atoms with Crippen LogP contribution in [-0.2, 0) is 4.79 Å². The third-order valence-electron chi connectivity index (χ3n) is 13.2. The zero-order chi connectivity index (χ0) is 44.2. The van der Waals surface area contributed by atoms with E-state index in [-0.39, 0.29) is 12.5 Å². The summed E-state index contributed by atoms with van der Waals surface area (Å²) in [5.41, 5.74) is 0. The van der Waals surface area contributed by atoms with Gasteiger partial charge in [-0.1, -0.05) is 289 Å². The third-order valence-corrected chi connectivity index (χ3v) is 13.2. The Morgan fingerprint density at radius 1 is 0.393 bits per heavy atom. The molecule has 0 aromatic carbocycles. The van der Waals surface area contributed by atoms with Crippen molar-refractivity contribution in [3.63, 3.8) is 0 Å². The smallest absolute Gasteiger partial charge is 0.220 e. The molecule has 4 nitrogen and oxygen atoms in total. The predicted molar refractivity (Wildman–Crippen MR) is 272 cm³/mol. The number of carbonyl (C=O) groups is 1. The Hall–Kier alpha value is -1.13. The summed E-state index contributed by atoms with van der Waals surface area (Å²) in [6.45, 7) is 4.38. The predicted octanol–water partition coefficient (Wildman–Crippen LogP) is 18.3. The standard InChI is InChI=1S/C57H111NO3/c1-3-5-7-9-11-13-15-17-19-21-23-25-26-27-28-29-30-31-33-34-36-38-40-42-44-46-48-50-52-56(60)55(54-59)58-57(61)53-51-49-47-45-43-41-39-37-35-32-24-22-20-18-16-14-12-10-8-6-4-2/h16,18,22,24,55-56,59-60H,3-15,17,19-21,23,25-54H2,1-2H3,(H,58,61)/b18-16-,24-22-. The lowest BCUT2D eigenvalue weighted by atomic mass is 10.0. The van der Waals surface area contributed by atoms with Gasteiger partial charge in [-0.2, -0.15) is 0 Å². The zero-order valence-corrected chi connectivity index (χ0v) is 41.7. The molecule has 0 aromatic heterocycles. The van der Waals surface area contributed by atoms with Crippen molar-refractivity contribution in [1.29, 1.82) is 0 Å². The molecule has 0 aliphatic heterocycles. The fourth-order valence-electron chi connectivity index (χ4n) is 8.92. The SMILES string of the molecule is CCCCCCC/C=C\C/C=C\CCCCCCCCCCCC(=O)NC(CO)C(O)CCCCCCCCCCCCCCCCCCCCCCCCCCCCCC. The van der Waals surface area contributed by atoms with E-state index >= 15 is 0 Å². The Morgan fingerprint density at radius 2 is 0.672 bits per heavy atom. The third kappa shape index (κ3) is 49.7. The van der Waals surface area contributed by atoms with Crippen molar-refractivity contribution in [2.45, 2.75) is 328 Å². The van der Waals surface area contributed by atoms with Gasteiger partial charge in [-0.25, -0.2) is 0 Å². The molecule has 2 atom stereocenters. The second-order valence-corrected chi connectivity index (χ2v) is 19.4. The Bertz CT molecular complexity index is 886. The molecule has 0 aliphatic carbocycles. The molecule has 0 rings (SSSR count). The first kappa shape index (κ1) is 59.9. The average molecular weight is 859 g/mol. The van der Waals surface area contributed by atoms with Crippen LogP contribution in [-0.4, -0.2) is 34.9 Å². The molecule has 61 heavy (non-hydrogen) atoms. The molecule has 0 spiro atoms. The highest BCUT2D eigenvalue weighted by atomic mass is 16.3. The minimum Gasteiger partial charge on any atom is -0.394 e. The average Bonchev–Trinajstić information content (AvgIpc) is 3.26. The Morgan fingerprint density at radius 3 is 0.984 bits per heavy atom. The number of allylic oxidation sites excluding steroid dienone is 4. The minimum atomic E-state index is -0.661. The van der Waals surface area contributed by atoms with E-state index < -0.39 is 12.1 Å². The highest BCUT2D eigenvalue weighted by Crippen LogP contribution is 2.18. The van der Waals surface area contributed by atoms with E-state index in [0.29, 0.717) is 12.8 Å². The van der Waals surface area contributed by atoms with Crippen LogP contribution < -0.4 is 5.32 Å². The van der Waals surface area contributed by atoms with Crippen LogP contribution in [0, 0.1) is 0 Å². The lowest BCUT2D eigenvalue weighted by molar-refractivity contribution is -0.123. The van der Waals surface area contributed by atoms with Gasteiger partial charge in [-0.3, -0.25) is 4.79 Å². The monoisotopic (exact) mass is 858 g/mol. The number of rotatable bonds is 52. The maximum absolute atomic E-state index is 12.5. The quantitative estimate of drug-likeness (QED) is 0.0422. The molecule has 0 aromatic rings. The summed E-state index contributed by atoms with van der Waals surface area (Å²) in [7, 11) is 0. The van der Waals surface area contributed by atoms with E-state index in [4.69, 9.17) is 0 Å². The molecule has 0 saturated carbocycles. The molecule has 0 aliphatic rings. The van der Waals surface area contributed by atoms with Gasteiger partial charge >= 0.3 is 0 Å². The van der Waals surface area contributed by atoms with E-state index in [1.54, 1.807) is 0 Å². The second-order valence-electron chi connectivity index (χ2n) is 19.4. The molecule has 4 heteroatoms. The van der Waals surface area contributed by atoms with Crippen molar-refractivity contribution in [1.82, 2.24) is 5.32 Å². The lowest BCUT2D eigenvalue weighted by Gasteiger charge is -2.22. The zero-order valence-electron chi connectivity index (χ0n) is 41.7. The number of unbranched alkanes of at least 4 members (excludes halogenated alkanes) is 41. The molecular weight excluding hydrogens is 747 g/mol. The van der Waals surface area contributed by atoms with Crippen LogP contribution in [0.1, 0.15) is 316 Å². The van der Waals surface area contributed by atoms with Crippen molar-refractivity contribution in [3.8, 4) is 0 Å². The number of aliphatic hydroxyl groups excluding tert-OH is 2. The molecular formula is C57H111NO3. The first-order chi connectivity index (χ1) is 30.2. The second kappa shape index (κ2) is 53.2. The lowest BCUT2D eigenvalue weighted by Crippen LogP contribution is -2.45. The topological polar surface area (TPSA) is 69.6 Å². The molecule has 2 unspecified atom stereocenters. The van der Waals surface area contributed by atoms with Crippen LogP contribution in [0.3, 0.4) is 0 Å². The molecule has 362 valence electrons. The number of hydrogen-bond donors (Lipinski definition) is 3. The van der Waals surface area contributed by atoms with Crippen molar-refractivity contribution < 1.29 is 15.0 Å². The van der Waals surface area contributed by atoms with Crippen LogP contribution >= 0.6 is 0 Å². The summed E-state index contributed by atoms with van der Waals surface area (Å²) < 4.78 is 0. The van der Waals surface area contributed by atoms with Gasteiger partial charge in [0, 0.05) is 6.42 Å². The number of nitrogens with one attached hydrogen (secondary N) is 1. The highest BCUT2D eigenvalue weighted by molar-refractivity contribution is 5.76. The molecule has 0 bridgehead atoms. The van der Waals surface area contributed by atoms with Crippen LogP contribution in [0.4, 0.5) is 0 Å². The molecule has 1 amide bonds. The maximum Gasteiger partial charge on any atom is 0.220 e. The van der Waals surface area contributed by atoms with Crippen LogP contribution in [0.25, 0.3) is 0 Å². The van der Waals surface area contributed by atoms with Crippen molar-refractivity contribution >= 4 is 5.91 Å². The van der Waals surface area contributed by atoms with E-state index in [0.717, 1.165) is 32.1 Å². The van der Waals surface area contributed by atoms with Crippen LogP contribution in [0.2, 0.25) is 0 Å². The van der Waals surface area contributed by atoms with Gasteiger partial charge in [-0.05, 0) is 44.9 Å². The molecule has 0 saturated heterocycles. The Kier molecular flexibility index (Phi) is 52.2. The van der Waals surface area contributed by atoms with Gasteiger partial charge < -0.3 is 15.5 Å². The normalized spacial score (nSPS) is 12.9. The fourth-order valence-corrected chi connectivity index (χ4v) is 8.92. The Balaban J connectivity index is 3.43. The number of amides is 1. The van der Waals surface area contributed by atoms with Gasteiger partial charge in [-0.15, -0.1) is 0 Å². The summed E-state index contributed by atoms with van der Waals surface area (Å²) in [4.78, 5) is 12.5. The van der Waals surface area contributed by atoms with E-state index in [1.165, 1.54) is 257 Å². The van der Waals surface area contributed by atoms with Gasteiger partial charge in [0.25, 0.3) is 0 Å². The summed E-state index contributed by atoms with van der Waals surface area (Å²) in [6, 6.07) is -0.538. The van der Waals surface area contributed by atoms with Crippen LogP contribution in [0.5, 0.6) is 0 Å². The van der Waals surface area contributed by atoms with Gasteiger partial charge in [0.15, 0.2) is 0 Å². The highest BCUT2D eigenvalue weighted by Gasteiger charge is 2.20. The summed E-state index contributed by atoms with van der Waals surface area (Å²) in [5, 5.41) is 23.3. The van der Waals surface area contributed by atoms with E-state index in [2.05, 4.69) is 43.5 Å². The summed E-state index contributed by atoms with van der Waals surface area (Å²) in [6.07, 6.45) is 70.2. The van der Waals surface area contributed by atoms with Gasteiger partial charge in [0.05, 0.1) is 18.8 Å². The van der Waals surface area contributed by atoms with Crippen molar-refractivity contribution in [3.05, 3.63) is 24.3 Å². The maximum atomic E-state index is 12.5. The number of aliphatic hydroxyl groups is 2. The summed E-state index contributed by atoms with van der Waals surface area (Å²) in [5.74, 6) is -0.0311. The molecule has 0 radical (unpaired) electrons. The number of carbonyl (C=O) groups excluding carboxylic acids is 1. The molecule has 0 heterocycles. The van der Waals surface area contributed by atoms with Gasteiger partial charge in [0.1, 0.15) is 0 Å². The largest absolute Gasteiger partial charge is 0.394 e. The molecule has 3 N–H and O–H groups in total. The Labute approximate surface area is 383 Å². The first-order valence-electron chi connectivity index (χ1n) is 28.0. The number of hydrogen-bond acceptors (Lipinski definition) is 3. The first-order valence-corrected chi connectivity index (χ1v) is 28.0. The van der Waals surface area contributed by atoms with Crippen molar-refractivity contribution in [2.75, 3.05) is 6.61 Å². The van der Waals surface area contributed by atoms with Crippen molar-refractivity contribution in [2.24, 2.45) is 0 Å². The van der Waals surface area contributed by atoms with E-state index in [9.17, 15) is 15.0 Å². The minimum absolute atomic E-state index is 0.0311. The fraction of sp³-hybridized carbons (Fsp3) is 0.912. The van der Waals surface area contributed by atoms with E-state index in [1.807, 2.05) is 0 Å². The molecule has 0 fully saturated rings. The van der Waals surface area contributed by atoms with Gasteiger partial charge in [0.2, 0.25) is 5.91 Å².